The first-order valence-electron chi connectivity index (χ1n) is 4.64. The van der Waals surface area contributed by atoms with Crippen LogP contribution in [0.1, 0.15) is 10.5 Å². The van der Waals surface area contributed by atoms with Crippen LogP contribution >= 0.6 is 27.3 Å². The molecule has 0 saturated carbocycles. The molecule has 0 fully saturated rings. The van der Waals surface area contributed by atoms with Gasteiger partial charge in [-0.3, -0.25) is 0 Å². The number of carbonyl (C=O) groups is 1. The average molecular weight is 314 g/mol. The maximum absolute atomic E-state index is 10.8. The minimum Gasteiger partial charge on any atom is -0.497 e. The Labute approximate surface area is 110 Å². The van der Waals surface area contributed by atoms with E-state index in [9.17, 15) is 4.79 Å². The first-order valence-corrected chi connectivity index (χ1v) is 6.32. The maximum atomic E-state index is 10.8. The standard InChI is InChI=1S/C11H8BrNO3S/c1-16-6-2-3-8(12)7(4-6)10-13-9(5-17-10)11(14)15/h2-5H,1H3,(H,14,15). The molecule has 0 aliphatic rings. The second-order valence-corrected chi connectivity index (χ2v) is 4.90. The molecular weight excluding hydrogens is 306 g/mol. The van der Waals surface area contributed by atoms with Crippen LogP contribution < -0.4 is 4.74 Å². The molecule has 0 atom stereocenters. The molecule has 0 unspecified atom stereocenters. The number of thiazole rings is 1. The van der Waals surface area contributed by atoms with Gasteiger partial charge in [0.2, 0.25) is 0 Å². The molecule has 0 spiro atoms. The van der Waals surface area contributed by atoms with E-state index < -0.39 is 5.97 Å². The SMILES string of the molecule is COc1ccc(Br)c(-c2nc(C(=O)O)cs2)c1. The van der Waals surface area contributed by atoms with Gasteiger partial charge in [-0.15, -0.1) is 11.3 Å². The number of aromatic carboxylic acids is 1. The Balaban J connectivity index is 2.47. The second kappa shape index (κ2) is 4.85. The van der Waals surface area contributed by atoms with E-state index in [4.69, 9.17) is 9.84 Å². The number of ether oxygens (including phenoxy) is 1. The van der Waals surface area contributed by atoms with E-state index in [1.807, 2.05) is 18.2 Å². The van der Waals surface area contributed by atoms with Crippen molar-refractivity contribution in [1.82, 2.24) is 4.98 Å². The fourth-order valence-electron chi connectivity index (χ4n) is 1.29. The highest BCUT2D eigenvalue weighted by Gasteiger charge is 2.12. The van der Waals surface area contributed by atoms with Crippen molar-refractivity contribution in [3.05, 3.63) is 33.7 Å². The van der Waals surface area contributed by atoms with Crippen molar-refractivity contribution in [2.24, 2.45) is 0 Å². The van der Waals surface area contributed by atoms with Crippen LogP contribution in [0.2, 0.25) is 0 Å². The third-order valence-electron chi connectivity index (χ3n) is 2.13. The summed E-state index contributed by atoms with van der Waals surface area (Å²) >= 11 is 4.69. The Morgan fingerprint density at radius 3 is 2.88 bits per heavy atom. The summed E-state index contributed by atoms with van der Waals surface area (Å²) in [5.74, 6) is -0.318. The Morgan fingerprint density at radius 2 is 2.29 bits per heavy atom. The highest BCUT2D eigenvalue weighted by Crippen LogP contribution is 2.33. The van der Waals surface area contributed by atoms with Crippen LogP contribution in [0.15, 0.2) is 28.1 Å². The minimum absolute atomic E-state index is 0.0553. The molecule has 1 N–H and O–H groups in total. The van der Waals surface area contributed by atoms with E-state index in [0.29, 0.717) is 10.8 Å². The van der Waals surface area contributed by atoms with Gasteiger partial charge in [0.1, 0.15) is 10.8 Å². The molecular formula is C11H8BrNO3S. The molecule has 0 bridgehead atoms. The van der Waals surface area contributed by atoms with E-state index in [0.717, 1.165) is 10.0 Å². The van der Waals surface area contributed by atoms with Crippen LogP contribution in [0.4, 0.5) is 0 Å². The zero-order chi connectivity index (χ0) is 12.4. The average Bonchev–Trinajstić information content (AvgIpc) is 2.79. The smallest absolute Gasteiger partial charge is 0.355 e. The lowest BCUT2D eigenvalue weighted by Crippen LogP contribution is -1.95. The fraction of sp³-hybridized carbons (Fsp3) is 0.0909. The normalized spacial score (nSPS) is 10.2. The predicted octanol–water partition coefficient (Wildman–Crippen LogP) is 3.28. The van der Waals surface area contributed by atoms with Crippen LogP contribution in [-0.4, -0.2) is 23.2 Å². The van der Waals surface area contributed by atoms with Crippen LogP contribution in [0, 0.1) is 0 Å². The molecule has 0 saturated heterocycles. The van der Waals surface area contributed by atoms with Gasteiger partial charge in [0.05, 0.1) is 7.11 Å². The van der Waals surface area contributed by atoms with Gasteiger partial charge in [-0.1, -0.05) is 15.9 Å². The summed E-state index contributed by atoms with van der Waals surface area (Å²) in [6.07, 6.45) is 0. The molecule has 0 aliphatic carbocycles. The van der Waals surface area contributed by atoms with Crippen molar-refractivity contribution in [3.63, 3.8) is 0 Å². The van der Waals surface area contributed by atoms with Gasteiger partial charge in [-0.2, -0.15) is 0 Å². The van der Waals surface area contributed by atoms with Gasteiger partial charge < -0.3 is 9.84 Å². The van der Waals surface area contributed by atoms with Crippen LogP contribution in [0.3, 0.4) is 0 Å². The van der Waals surface area contributed by atoms with Crippen LogP contribution in [0.5, 0.6) is 5.75 Å². The molecule has 17 heavy (non-hydrogen) atoms. The van der Waals surface area contributed by atoms with Gasteiger partial charge in [0, 0.05) is 15.4 Å². The highest BCUT2D eigenvalue weighted by molar-refractivity contribution is 9.10. The molecule has 6 heteroatoms. The van der Waals surface area contributed by atoms with Crippen LogP contribution in [0.25, 0.3) is 10.6 Å². The first-order chi connectivity index (χ1) is 8.11. The number of rotatable bonds is 3. The molecule has 0 amide bonds. The number of methoxy groups -OCH3 is 1. The summed E-state index contributed by atoms with van der Waals surface area (Å²) in [6, 6.07) is 5.48. The number of carboxylic acids is 1. The van der Waals surface area contributed by atoms with Crippen molar-refractivity contribution in [3.8, 4) is 16.3 Å². The van der Waals surface area contributed by atoms with Gasteiger partial charge in [0.15, 0.2) is 5.69 Å². The van der Waals surface area contributed by atoms with E-state index >= 15 is 0 Å². The predicted molar refractivity (Wildman–Crippen MR) is 68.8 cm³/mol. The molecule has 2 aromatic rings. The number of nitrogens with zero attached hydrogens (tertiary/aromatic N) is 1. The van der Waals surface area contributed by atoms with Crippen molar-refractivity contribution in [2.45, 2.75) is 0 Å². The molecule has 1 aromatic heterocycles. The largest absolute Gasteiger partial charge is 0.497 e. The molecule has 88 valence electrons. The Kier molecular flexibility index (Phi) is 3.44. The number of carboxylic acid groups (broad SMARTS) is 1. The number of hydrogen-bond donors (Lipinski definition) is 1. The Hall–Kier alpha value is -1.40. The zero-order valence-electron chi connectivity index (χ0n) is 8.81. The van der Waals surface area contributed by atoms with Crippen LogP contribution in [-0.2, 0) is 0 Å². The fourth-order valence-corrected chi connectivity index (χ4v) is 2.68. The van der Waals surface area contributed by atoms with Crippen molar-refractivity contribution in [2.75, 3.05) is 7.11 Å². The summed E-state index contributed by atoms with van der Waals surface area (Å²) in [4.78, 5) is 14.8. The molecule has 0 aliphatic heterocycles. The molecule has 2 rings (SSSR count). The summed E-state index contributed by atoms with van der Waals surface area (Å²) in [7, 11) is 1.58. The van der Waals surface area contributed by atoms with Gasteiger partial charge in [-0.25, -0.2) is 9.78 Å². The quantitative estimate of drug-likeness (QED) is 0.944. The topological polar surface area (TPSA) is 59.4 Å². The summed E-state index contributed by atoms with van der Waals surface area (Å²) in [6.45, 7) is 0. The first kappa shape index (κ1) is 12.1. The minimum atomic E-state index is -1.02. The molecule has 1 aromatic carbocycles. The third kappa shape index (κ3) is 2.48. The number of hydrogen-bond acceptors (Lipinski definition) is 4. The lowest BCUT2D eigenvalue weighted by atomic mass is 10.2. The lowest BCUT2D eigenvalue weighted by Gasteiger charge is -2.04. The van der Waals surface area contributed by atoms with E-state index in [1.54, 1.807) is 7.11 Å². The van der Waals surface area contributed by atoms with Crippen molar-refractivity contribution in [1.29, 1.82) is 0 Å². The lowest BCUT2D eigenvalue weighted by molar-refractivity contribution is 0.0691. The van der Waals surface area contributed by atoms with Gasteiger partial charge in [-0.05, 0) is 18.2 Å². The Morgan fingerprint density at radius 1 is 1.53 bits per heavy atom. The van der Waals surface area contributed by atoms with E-state index in [1.165, 1.54) is 16.7 Å². The maximum Gasteiger partial charge on any atom is 0.355 e. The third-order valence-corrected chi connectivity index (χ3v) is 3.69. The number of aromatic nitrogens is 1. The van der Waals surface area contributed by atoms with Crippen molar-refractivity contribution < 1.29 is 14.6 Å². The Bertz CT molecular complexity index is 568. The van der Waals surface area contributed by atoms with E-state index in [-0.39, 0.29) is 5.69 Å². The highest BCUT2D eigenvalue weighted by atomic mass is 79.9. The number of halogens is 1. The summed E-state index contributed by atoms with van der Waals surface area (Å²) in [5, 5.41) is 11.0. The zero-order valence-corrected chi connectivity index (χ0v) is 11.2. The molecule has 0 radical (unpaired) electrons. The van der Waals surface area contributed by atoms with Gasteiger partial charge >= 0.3 is 5.97 Å². The summed E-state index contributed by atoms with van der Waals surface area (Å²) in [5.41, 5.74) is 0.876. The molecule has 1 heterocycles. The number of benzene rings is 1. The molecule has 4 nitrogen and oxygen atoms in total. The second-order valence-electron chi connectivity index (χ2n) is 3.19. The monoisotopic (exact) mass is 313 g/mol. The van der Waals surface area contributed by atoms with Gasteiger partial charge in [0.25, 0.3) is 0 Å². The van der Waals surface area contributed by atoms with Crippen molar-refractivity contribution >= 4 is 33.2 Å². The summed E-state index contributed by atoms with van der Waals surface area (Å²) < 4.78 is 5.98. The van der Waals surface area contributed by atoms with E-state index in [2.05, 4.69) is 20.9 Å².